The van der Waals surface area contributed by atoms with Gasteiger partial charge in [0.15, 0.2) is 5.06 Å². The Kier molecular flexibility index (Phi) is 10.3. The number of benzene rings is 1. The molecule has 0 saturated carbocycles. The molecule has 0 spiro atoms. The number of aromatic hydroxyl groups is 2. The first-order valence-electron chi connectivity index (χ1n) is 8.59. The van der Waals surface area contributed by atoms with Gasteiger partial charge in [0.05, 0.1) is 10.6 Å². The summed E-state index contributed by atoms with van der Waals surface area (Å²) >= 11 is 2.68. The van der Waals surface area contributed by atoms with Crippen molar-refractivity contribution in [2.75, 3.05) is 13.7 Å². The summed E-state index contributed by atoms with van der Waals surface area (Å²) < 4.78 is 4.54. The summed E-state index contributed by atoms with van der Waals surface area (Å²) in [7, 11) is 1.68. The van der Waals surface area contributed by atoms with E-state index in [0.717, 1.165) is 38.9 Å². The summed E-state index contributed by atoms with van der Waals surface area (Å²) in [4.78, 5) is 17.2. The maximum Gasteiger partial charge on any atom is 0.171 e. The molecule has 7 heteroatoms. The van der Waals surface area contributed by atoms with Crippen LogP contribution in [0.1, 0.15) is 25.6 Å². The topological polar surface area (TPSA) is 79.7 Å². The van der Waals surface area contributed by atoms with E-state index in [9.17, 15) is 15.0 Å². The van der Waals surface area contributed by atoms with Gasteiger partial charge in [0, 0.05) is 30.6 Å². The van der Waals surface area contributed by atoms with E-state index in [0.29, 0.717) is 6.42 Å². The molecule has 0 saturated heterocycles. The van der Waals surface area contributed by atoms with Gasteiger partial charge in [-0.05, 0) is 43.3 Å². The van der Waals surface area contributed by atoms with Crippen molar-refractivity contribution in [1.82, 2.24) is 4.98 Å². The highest BCUT2D eigenvalue weighted by Crippen LogP contribution is 2.38. The maximum absolute atomic E-state index is 10.9. The number of carbonyl (C=O) groups excluding carboxylic acids is 1. The predicted octanol–water partition coefficient (Wildman–Crippen LogP) is 5.37. The Morgan fingerprint density at radius 2 is 1.70 bits per heavy atom. The monoisotopic (exact) mass is 407 g/mol. The number of ether oxygens (including phenoxy) is 1. The third-order valence-electron chi connectivity index (χ3n) is 3.19. The molecule has 3 rings (SSSR count). The maximum atomic E-state index is 10.9. The molecule has 0 aliphatic heterocycles. The lowest BCUT2D eigenvalue weighted by Crippen LogP contribution is -1.84. The van der Waals surface area contributed by atoms with Crippen molar-refractivity contribution in [1.29, 1.82) is 0 Å². The fourth-order valence-electron chi connectivity index (χ4n) is 1.94. The summed E-state index contributed by atoms with van der Waals surface area (Å²) in [6.07, 6.45) is 1.15. The van der Waals surface area contributed by atoms with Crippen LogP contribution in [0, 0.1) is 0 Å². The Morgan fingerprint density at radius 1 is 1.07 bits per heavy atom. The van der Waals surface area contributed by atoms with E-state index in [1.54, 1.807) is 43.5 Å². The summed E-state index contributed by atoms with van der Waals surface area (Å²) in [5.41, 5.74) is 1.62. The number of aldehydes is 1. The fourth-order valence-corrected chi connectivity index (χ4v) is 3.80. The van der Waals surface area contributed by atoms with Crippen LogP contribution < -0.4 is 0 Å². The van der Waals surface area contributed by atoms with E-state index >= 15 is 0 Å². The van der Waals surface area contributed by atoms with Crippen molar-refractivity contribution in [3.8, 4) is 32.0 Å². The second-order valence-electron chi connectivity index (χ2n) is 4.92. The summed E-state index contributed by atoms with van der Waals surface area (Å²) in [6.45, 7) is 6.78. The highest BCUT2D eigenvalue weighted by Gasteiger charge is 2.15. The van der Waals surface area contributed by atoms with Gasteiger partial charge in [0.1, 0.15) is 17.0 Å². The van der Waals surface area contributed by atoms with Gasteiger partial charge in [0.25, 0.3) is 0 Å². The fraction of sp³-hybridized carbons (Fsp3) is 0.300. The molecule has 0 fully saturated rings. The predicted molar refractivity (Wildman–Crippen MR) is 113 cm³/mol. The molecule has 2 aromatic heterocycles. The minimum atomic E-state index is 0.201. The molecule has 2 heterocycles. The van der Waals surface area contributed by atoms with Crippen LogP contribution in [0.5, 0.6) is 10.8 Å². The zero-order valence-electron chi connectivity index (χ0n) is 15.9. The second-order valence-corrected chi connectivity index (χ2v) is 7.07. The number of thiazole rings is 1. The molecule has 0 radical (unpaired) electrons. The lowest BCUT2D eigenvalue weighted by molar-refractivity contribution is -0.107. The van der Waals surface area contributed by atoms with Crippen LogP contribution in [0.25, 0.3) is 21.1 Å². The average molecular weight is 408 g/mol. The van der Waals surface area contributed by atoms with Gasteiger partial charge >= 0.3 is 0 Å². The molecule has 5 nitrogen and oxygen atoms in total. The van der Waals surface area contributed by atoms with E-state index in [1.165, 1.54) is 22.7 Å². The van der Waals surface area contributed by atoms with E-state index in [2.05, 4.69) is 9.72 Å². The third-order valence-corrected chi connectivity index (χ3v) is 5.22. The van der Waals surface area contributed by atoms with Crippen LogP contribution in [-0.2, 0) is 16.0 Å². The normalized spacial score (nSPS) is 9.63. The van der Waals surface area contributed by atoms with Crippen molar-refractivity contribution in [3.63, 3.8) is 0 Å². The number of thiophene rings is 1. The average Bonchev–Trinajstić information content (AvgIpc) is 3.31. The molecule has 2 N–H and O–H groups in total. The van der Waals surface area contributed by atoms with Crippen LogP contribution in [0.15, 0.2) is 36.4 Å². The summed E-state index contributed by atoms with van der Waals surface area (Å²) in [5, 5.41) is 19.8. The van der Waals surface area contributed by atoms with Gasteiger partial charge < -0.3 is 19.7 Å². The lowest BCUT2D eigenvalue weighted by Gasteiger charge is -1.95. The number of hydrogen-bond donors (Lipinski definition) is 2. The highest BCUT2D eigenvalue weighted by molar-refractivity contribution is 7.18. The standard InChI is InChI=1S/C15H11NO3S2.C3H8O.C2H6/c17-8-7-12-14(11-5-6-13(19)20-11)16-15(21-12)9-1-3-10(18)4-2-9;1-3-4-2;1-2/h1-6,8,18-19H,7H2;3H2,1-2H3;1-2H3. The highest BCUT2D eigenvalue weighted by atomic mass is 32.1. The van der Waals surface area contributed by atoms with Gasteiger partial charge in [-0.1, -0.05) is 25.2 Å². The molecule has 0 aliphatic carbocycles. The lowest BCUT2D eigenvalue weighted by atomic mass is 10.2. The SMILES string of the molecule is CC.CCOC.O=CCc1sc(-c2ccc(O)cc2)nc1-c1ccc(O)s1. The molecular weight excluding hydrogens is 382 g/mol. The molecule has 0 atom stereocenters. The van der Waals surface area contributed by atoms with Crippen molar-refractivity contribution in [2.24, 2.45) is 0 Å². The first kappa shape index (κ1) is 22.8. The Hall–Kier alpha value is -2.22. The minimum Gasteiger partial charge on any atom is -0.508 e. The van der Waals surface area contributed by atoms with Crippen LogP contribution in [0.3, 0.4) is 0 Å². The quantitative estimate of drug-likeness (QED) is 0.556. The molecule has 0 unspecified atom stereocenters. The van der Waals surface area contributed by atoms with Crippen LogP contribution in [0.4, 0.5) is 0 Å². The van der Waals surface area contributed by atoms with E-state index in [-0.39, 0.29) is 10.8 Å². The summed E-state index contributed by atoms with van der Waals surface area (Å²) in [5.74, 6) is 0.201. The van der Waals surface area contributed by atoms with Gasteiger partial charge in [-0.2, -0.15) is 0 Å². The number of methoxy groups -OCH3 is 1. The van der Waals surface area contributed by atoms with Crippen molar-refractivity contribution >= 4 is 29.0 Å². The number of phenols is 1. The van der Waals surface area contributed by atoms with Crippen molar-refractivity contribution in [3.05, 3.63) is 41.3 Å². The zero-order chi connectivity index (χ0) is 20.2. The Labute approximate surface area is 167 Å². The Balaban J connectivity index is 0.000000541. The zero-order valence-corrected chi connectivity index (χ0v) is 17.6. The molecular formula is C20H25NO4S2. The minimum absolute atomic E-state index is 0.201. The summed E-state index contributed by atoms with van der Waals surface area (Å²) in [6, 6.07) is 10.2. The molecule has 1 aromatic carbocycles. The first-order valence-corrected chi connectivity index (χ1v) is 10.2. The van der Waals surface area contributed by atoms with E-state index < -0.39 is 0 Å². The number of hydrogen-bond acceptors (Lipinski definition) is 7. The number of aromatic nitrogens is 1. The molecule has 146 valence electrons. The van der Waals surface area contributed by atoms with Crippen LogP contribution in [0.2, 0.25) is 0 Å². The van der Waals surface area contributed by atoms with Crippen molar-refractivity contribution < 1.29 is 19.7 Å². The second kappa shape index (κ2) is 12.2. The Morgan fingerprint density at radius 3 is 2.19 bits per heavy atom. The third kappa shape index (κ3) is 6.78. The van der Waals surface area contributed by atoms with Gasteiger partial charge in [-0.15, -0.1) is 11.3 Å². The van der Waals surface area contributed by atoms with Crippen LogP contribution >= 0.6 is 22.7 Å². The number of rotatable bonds is 5. The number of nitrogens with zero attached hydrogens (tertiary/aromatic N) is 1. The number of carbonyl (C=O) groups is 1. The van der Waals surface area contributed by atoms with Gasteiger partial charge in [-0.25, -0.2) is 4.98 Å². The molecule has 0 amide bonds. The van der Waals surface area contributed by atoms with Gasteiger partial charge in [0.2, 0.25) is 0 Å². The first-order chi connectivity index (χ1) is 13.1. The smallest absolute Gasteiger partial charge is 0.171 e. The molecule has 0 aliphatic rings. The van der Waals surface area contributed by atoms with Crippen LogP contribution in [-0.4, -0.2) is 35.2 Å². The molecule has 27 heavy (non-hydrogen) atoms. The molecule has 0 bridgehead atoms. The van der Waals surface area contributed by atoms with Crippen molar-refractivity contribution in [2.45, 2.75) is 27.2 Å². The number of phenolic OH excluding ortho intramolecular Hbond substituents is 1. The van der Waals surface area contributed by atoms with E-state index in [1.807, 2.05) is 20.8 Å². The largest absolute Gasteiger partial charge is 0.508 e. The van der Waals surface area contributed by atoms with Gasteiger partial charge in [-0.3, -0.25) is 0 Å². The van der Waals surface area contributed by atoms with E-state index in [4.69, 9.17) is 0 Å². The molecule has 3 aromatic rings. The Bertz CT molecular complexity index is 808.